The number of carbonyl (C=O) groups is 1. The molecule has 3 nitrogen and oxygen atoms in total. The topological polar surface area (TPSA) is 32.3 Å². The van der Waals surface area contributed by atoms with Crippen molar-refractivity contribution in [3.05, 3.63) is 28.8 Å². The van der Waals surface area contributed by atoms with E-state index in [0.717, 1.165) is 29.5 Å². The molecule has 0 heterocycles. The zero-order chi connectivity index (χ0) is 12.8. The lowest BCUT2D eigenvalue weighted by Crippen LogP contribution is -2.32. The van der Waals surface area contributed by atoms with Crippen LogP contribution in [0.25, 0.3) is 0 Å². The number of rotatable bonds is 4. The molecule has 0 spiro atoms. The molecule has 1 aromatic rings. The smallest absolute Gasteiger partial charge is 0.321 e. The van der Waals surface area contributed by atoms with Crippen LogP contribution in [0.1, 0.15) is 12.0 Å². The van der Waals surface area contributed by atoms with Crippen LogP contribution in [0.4, 0.5) is 10.5 Å². The van der Waals surface area contributed by atoms with Crippen molar-refractivity contribution in [2.45, 2.75) is 13.3 Å². The predicted molar refractivity (Wildman–Crippen MR) is 76.2 cm³/mol. The summed E-state index contributed by atoms with van der Waals surface area (Å²) in [6, 6.07) is 5.37. The molecule has 0 aliphatic heterocycles. The van der Waals surface area contributed by atoms with Gasteiger partial charge in [-0.05, 0) is 31.0 Å². The molecule has 0 aliphatic rings. The summed E-state index contributed by atoms with van der Waals surface area (Å²) in [6.07, 6.45) is 0.929. The average Bonchev–Trinajstić information content (AvgIpc) is 2.30. The second kappa shape index (κ2) is 6.87. The van der Waals surface area contributed by atoms with Crippen molar-refractivity contribution in [2.24, 2.45) is 0 Å². The molecular weight excluding hydrogens is 304 g/mol. The van der Waals surface area contributed by atoms with Crippen molar-refractivity contribution in [3.63, 3.8) is 0 Å². The van der Waals surface area contributed by atoms with Gasteiger partial charge in [0.2, 0.25) is 0 Å². The molecule has 0 saturated heterocycles. The number of halogens is 2. The van der Waals surface area contributed by atoms with Crippen molar-refractivity contribution in [2.75, 3.05) is 24.2 Å². The van der Waals surface area contributed by atoms with Gasteiger partial charge in [-0.2, -0.15) is 0 Å². The average molecular weight is 320 g/mol. The Hall–Kier alpha value is -0.740. The summed E-state index contributed by atoms with van der Waals surface area (Å²) in [7, 11) is 1.77. The molecule has 5 heteroatoms. The van der Waals surface area contributed by atoms with E-state index in [2.05, 4.69) is 21.2 Å². The van der Waals surface area contributed by atoms with E-state index < -0.39 is 0 Å². The lowest BCUT2D eigenvalue weighted by atomic mass is 10.2. The number of hydrogen-bond acceptors (Lipinski definition) is 1. The zero-order valence-corrected chi connectivity index (χ0v) is 12.3. The van der Waals surface area contributed by atoms with Crippen LogP contribution in [0.15, 0.2) is 18.2 Å². The summed E-state index contributed by atoms with van der Waals surface area (Å²) in [5, 5.41) is 4.35. The third-order valence-electron chi connectivity index (χ3n) is 2.40. The summed E-state index contributed by atoms with van der Waals surface area (Å²) in [5.74, 6) is 0. The van der Waals surface area contributed by atoms with E-state index >= 15 is 0 Å². The summed E-state index contributed by atoms with van der Waals surface area (Å²) in [5.41, 5.74) is 1.72. The van der Waals surface area contributed by atoms with Crippen molar-refractivity contribution >= 4 is 39.2 Å². The second-order valence-electron chi connectivity index (χ2n) is 3.86. The van der Waals surface area contributed by atoms with Crippen LogP contribution in [0.5, 0.6) is 0 Å². The van der Waals surface area contributed by atoms with Crippen LogP contribution in [0, 0.1) is 6.92 Å². The minimum Gasteiger partial charge on any atom is -0.328 e. The fourth-order valence-corrected chi connectivity index (χ4v) is 1.72. The Morgan fingerprint density at radius 2 is 2.24 bits per heavy atom. The van der Waals surface area contributed by atoms with Gasteiger partial charge >= 0.3 is 6.03 Å². The Morgan fingerprint density at radius 1 is 1.53 bits per heavy atom. The third-order valence-corrected chi connectivity index (χ3v) is 3.36. The number of hydrogen-bond donors (Lipinski definition) is 1. The number of nitrogens with zero attached hydrogens (tertiary/aromatic N) is 1. The molecule has 0 saturated carbocycles. The van der Waals surface area contributed by atoms with Crippen LogP contribution >= 0.6 is 27.5 Å². The van der Waals surface area contributed by atoms with Crippen molar-refractivity contribution in [3.8, 4) is 0 Å². The van der Waals surface area contributed by atoms with Crippen molar-refractivity contribution < 1.29 is 4.79 Å². The second-order valence-corrected chi connectivity index (χ2v) is 5.06. The molecule has 2 amide bonds. The maximum Gasteiger partial charge on any atom is 0.321 e. The van der Waals surface area contributed by atoms with E-state index in [1.807, 2.05) is 19.1 Å². The van der Waals surface area contributed by atoms with E-state index in [-0.39, 0.29) is 6.03 Å². The van der Waals surface area contributed by atoms with Crippen LogP contribution < -0.4 is 5.32 Å². The van der Waals surface area contributed by atoms with E-state index in [4.69, 9.17) is 11.6 Å². The summed E-state index contributed by atoms with van der Waals surface area (Å²) in [4.78, 5) is 13.4. The lowest BCUT2D eigenvalue weighted by Gasteiger charge is -2.17. The Labute approximate surface area is 115 Å². The number of alkyl halides is 1. The summed E-state index contributed by atoms with van der Waals surface area (Å²) in [6.45, 7) is 2.65. The van der Waals surface area contributed by atoms with Gasteiger partial charge in [0, 0.05) is 29.6 Å². The van der Waals surface area contributed by atoms with Crippen LogP contribution in [-0.2, 0) is 0 Å². The highest BCUT2D eigenvalue weighted by atomic mass is 79.9. The quantitative estimate of drug-likeness (QED) is 0.839. The molecule has 0 unspecified atom stereocenters. The fourth-order valence-electron chi connectivity index (χ4n) is 1.29. The highest BCUT2D eigenvalue weighted by Gasteiger charge is 2.08. The molecule has 0 bridgehead atoms. The molecule has 0 fully saturated rings. The first-order chi connectivity index (χ1) is 8.04. The molecule has 0 radical (unpaired) electrons. The number of nitrogens with one attached hydrogen (secondary N) is 1. The third kappa shape index (κ3) is 4.56. The standard InChI is InChI=1S/C12H16BrClN2O/c1-9-4-5-10(8-11(9)14)15-12(17)16(2)7-3-6-13/h4-5,8H,3,6-7H2,1-2H3,(H,15,17). The number of aryl methyl sites for hydroxylation is 1. The molecule has 1 rings (SSSR count). The number of benzene rings is 1. The minimum absolute atomic E-state index is 0.120. The van der Waals surface area contributed by atoms with Gasteiger partial charge in [-0.3, -0.25) is 0 Å². The van der Waals surface area contributed by atoms with Gasteiger partial charge in [0.05, 0.1) is 0 Å². The number of amides is 2. The molecule has 1 N–H and O–H groups in total. The van der Waals surface area contributed by atoms with Gasteiger partial charge in [0.15, 0.2) is 0 Å². The lowest BCUT2D eigenvalue weighted by molar-refractivity contribution is 0.222. The molecule has 1 aromatic carbocycles. The van der Waals surface area contributed by atoms with E-state index in [0.29, 0.717) is 5.02 Å². The zero-order valence-electron chi connectivity index (χ0n) is 9.96. The maximum absolute atomic E-state index is 11.8. The van der Waals surface area contributed by atoms with Crippen LogP contribution in [-0.4, -0.2) is 29.9 Å². The van der Waals surface area contributed by atoms with Gasteiger partial charge in [0.1, 0.15) is 0 Å². The number of carbonyl (C=O) groups excluding carboxylic acids is 1. The highest BCUT2D eigenvalue weighted by molar-refractivity contribution is 9.09. The fraction of sp³-hybridized carbons (Fsp3) is 0.417. The van der Waals surface area contributed by atoms with Crippen LogP contribution in [0.2, 0.25) is 5.02 Å². The Morgan fingerprint density at radius 3 is 2.82 bits per heavy atom. The molecule has 0 aliphatic carbocycles. The molecular formula is C12H16BrClN2O. The van der Waals surface area contributed by atoms with E-state index in [1.165, 1.54) is 0 Å². The monoisotopic (exact) mass is 318 g/mol. The largest absolute Gasteiger partial charge is 0.328 e. The van der Waals surface area contributed by atoms with Crippen molar-refractivity contribution in [1.29, 1.82) is 0 Å². The SMILES string of the molecule is Cc1ccc(NC(=O)N(C)CCCBr)cc1Cl. The number of urea groups is 1. The summed E-state index contributed by atoms with van der Waals surface area (Å²) >= 11 is 9.32. The van der Waals surface area contributed by atoms with E-state index in [1.54, 1.807) is 18.0 Å². The first kappa shape index (κ1) is 14.3. The molecule has 0 aromatic heterocycles. The number of anilines is 1. The Bertz CT molecular complexity index is 398. The molecule has 0 atom stereocenters. The Kier molecular flexibility index (Phi) is 5.78. The van der Waals surface area contributed by atoms with E-state index in [9.17, 15) is 4.79 Å². The normalized spacial score (nSPS) is 10.1. The first-order valence-corrected chi connectivity index (χ1v) is 6.88. The molecule has 94 valence electrons. The maximum atomic E-state index is 11.8. The Balaban J connectivity index is 2.58. The predicted octanol–water partition coefficient (Wildman–Crippen LogP) is 3.90. The van der Waals surface area contributed by atoms with Gasteiger partial charge in [-0.1, -0.05) is 33.6 Å². The van der Waals surface area contributed by atoms with Gasteiger partial charge in [-0.15, -0.1) is 0 Å². The van der Waals surface area contributed by atoms with Crippen molar-refractivity contribution in [1.82, 2.24) is 4.90 Å². The first-order valence-electron chi connectivity index (χ1n) is 5.39. The molecule has 17 heavy (non-hydrogen) atoms. The highest BCUT2D eigenvalue weighted by Crippen LogP contribution is 2.20. The minimum atomic E-state index is -0.120. The van der Waals surface area contributed by atoms with Gasteiger partial charge in [-0.25, -0.2) is 4.79 Å². The van der Waals surface area contributed by atoms with Crippen LogP contribution in [0.3, 0.4) is 0 Å². The summed E-state index contributed by atoms with van der Waals surface area (Å²) < 4.78 is 0. The van der Waals surface area contributed by atoms with Gasteiger partial charge < -0.3 is 10.2 Å². The van der Waals surface area contributed by atoms with Gasteiger partial charge in [0.25, 0.3) is 0 Å².